The fraction of sp³-hybridized carbons (Fsp3) is 0.417. The lowest BCUT2D eigenvalue weighted by molar-refractivity contribution is -0.116. The van der Waals surface area contributed by atoms with Crippen LogP contribution in [-0.2, 0) is 22.7 Å². The predicted molar refractivity (Wildman–Crippen MR) is 118 cm³/mol. The van der Waals surface area contributed by atoms with Crippen LogP contribution < -0.4 is 10.6 Å². The maximum absolute atomic E-state index is 12.2. The smallest absolute Gasteiger partial charge is 0.407 e. The van der Waals surface area contributed by atoms with E-state index in [9.17, 15) is 9.59 Å². The first-order valence-electron chi connectivity index (χ1n) is 10.7. The van der Waals surface area contributed by atoms with E-state index in [1.807, 2.05) is 48.5 Å². The number of piperidine rings is 1. The van der Waals surface area contributed by atoms with E-state index < -0.39 is 6.09 Å². The molecule has 1 heterocycles. The fourth-order valence-electron chi connectivity index (χ4n) is 3.56. The van der Waals surface area contributed by atoms with Crippen molar-refractivity contribution in [2.75, 3.05) is 25.0 Å². The van der Waals surface area contributed by atoms with Gasteiger partial charge in [0.05, 0.1) is 0 Å². The molecule has 1 aliphatic heterocycles. The molecule has 2 N–H and O–H groups in total. The zero-order valence-corrected chi connectivity index (χ0v) is 17.4. The van der Waals surface area contributed by atoms with Crippen LogP contribution >= 0.6 is 0 Å². The molecular weight excluding hydrogens is 378 g/mol. The Labute approximate surface area is 178 Å². The molecule has 160 valence electrons. The first kappa shape index (κ1) is 21.8. The minimum atomic E-state index is -0.468. The van der Waals surface area contributed by atoms with E-state index in [1.165, 1.54) is 24.8 Å². The number of hydrogen-bond acceptors (Lipinski definition) is 4. The van der Waals surface area contributed by atoms with E-state index in [4.69, 9.17) is 4.74 Å². The average Bonchev–Trinajstić information content (AvgIpc) is 2.77. The Kier molecular flexibility index (Phi) is 8.72. The SMILES string of the molecule is O=C(CCCNC(=O)OCc1ccccc1)Nc1cccc(CN2CCCCC2)c1. The Bertz CT molecular complexity index is 804. The van der Waals surface area contributed by atoms with Gasteiger partial charge in [-0.05, 0) is 55.6 Å². The van der Waals surface area contributed by atoms with Gasteiger partial charge >= 0.3 is 6.09 Å². The molecule has 1 fully saturated rings. The normalized spacial score (nSPS) is 14.1. The quantitative estimate of drug-likeness (QED) is 0.605. The van der Waals surface area contributed by atoms with Crippen molar-refractivity contribution >= 4 is 17.7 Å². The van der Waals surface area contributed by atoms with Gasteiger partial charge < -0.3 is 15.4 Å². The number of likely N-dealkylation sites (tertiary alicyclic amines) is 1. The van der Waals surface area contributed by atoms with Gasteiger partial charge in [0.1, 0.15) is 6.61 Å². The largest absolute Gasteiger partial charge is 0.445 e. The van der Waals surface area contributed by atoms with Gasteiger partial charge in [-0.15, -0.1) is 0 Å². The summed E-state index contributed by atoms with van der Waals surface area (Å²) in [5, 5.41) is 5.63. The highest BCUT2D eigenvalue weighted by Crippen LogP contribution is 2.16. The highest BCUT2D eigenvalue weighted by Gasteiger charge is 2.11. The van der Waals surface area contributed by atoms with Gasteiger partial charge in [-0.2, -0.15) is 0 Å². The van der Waals surface area contributed by atoms with Crippen molar-refractivity contribution in [3.8, 4) is 0 Å². The van der Waals surface area contributed by atoms with Gasteiger partial charge in [0.15, 0.2) is 0 Å². The third-order valence-electron chi connectivity index (χ3n) is 5.13. The molecule has 2 amide bonds. The Morgan fingerprint density at radius 1 is 0.933 bits per heavy atom. The number of alkyl carbamates (subject to hydrolysis) is 1. The lowest BCUT2D eigenvalue weighted by Crippen LogP contribution is -2.29. The van der Waals surface area contributed by atoms with E-state index in [2.05, 4.69) is 21.6 Å². The second-order valence-electron chi connectivity index (χ2n) is 7.68. The van der Waals surface area contributed by atoms with Crippen molar-refractivity contribution in [3.05, 3.63) is 65.7 Å². The number of rotatable bonds is 9. The zero-order chi connectivity index (χ0) is 21.0. The minimum Gasteiger partial charge on any atom is -0.445 e. The second kappa shape index (κ2) is 12.0. The molecular formula is C24H31N3O3. The Morgan fingerprint density at radius 3 is 2.50 bits per heavy atom. The second-order valence-corrected chi connectivity index (χ2v) is 7.68. The predicted octanol–water partition coefficient (Wildman–Crippen LogP) is 4.32. The van der Waals surface area contributed by atoms with Crippen molar-refractivity contribution in [2.24, 2.45) is 0 Å². The molecule has 6 heteroatoms. The number of hydrogen-bond donors (Lipinski definition) is 2. The molecule has 30 heavy (non-hydrogen) atoms. The number of ether oxygens (including phenoxy) is 1. The molecule has 0 saturated carbocycles. The Hall–Kier alpha value is -2.86. The molecule has 2 aromatic carbocycles. The summed E-state index contributed by atoms with van der Waals surface area (Å²) in [5.74, 6) is -0.0513. The molecule has 6 nitrogen and oxygen atoms in total. The van der Waals surface area contributed by atoms with Gasteiger partial charge in [0.25, 0.3) is 0 Å². The molecule has 3 rings (SSSR count). The van der Waals surface area contributed by atoms with Crippen LogP contribution in [0.4, 0.5) is 10.5 Å². The Balaban J connectivity index is 1.31. The molecule has 2 aromatic rings. The molecule has 0 bridgehead atoms. The number of anilines is 1. The van der Waals surface area contributed by atoms with Gasteiger partial charge in [-0.1, -0.05) is 48.9 Å². The van der Waals surface area contributed by atoms with Crippen molar-refractivity contribution in [1.82, 2.24) is 10.2 Å². The van der Waals surface area contributed by atoms with Crippen molar-refractivity contribution in [2.45, 2.75) is 45.3 Å². The number of carbonyl (C=O) groups is 2. The van der Waals surface area contributed by atoms with Crippen LogP contribution in [-0.4, -0.2) is 36.5 Å². The number of carbonyl (C=O) groups excluding carboxylic acids is 2. The van der Waals surface area contributed by atoms with Gasteiger partial charge in [-0.25, -0.2) is 4.79 Å². The number of amides is 2. The standard InChI is InChI=1S/C24H31N3O3/c28-23(13-8-14-25-24(29)30-19-20-9-3-1-4-10-20)26-22-12-7-11-21(17-22)18-27-15-5-2-6-16-27/h1,3-4,7,9-12,17H,2,5-6,8,13-16,18-19H2,(H,25,29)(H,26,28). The minimum absolute atomic E-state index is 0.0513. The molecule has 0 radical (unpaired) electrons. The zero-order valence-electron chi connectivity index (χ0n) is 17.4. The molecule has 1 saturated heterocycles. The fourth-order valence-corrected chi connectivity index (χ4v) is 3.56. The van der Waals surface area contributed by atoms with Crippen molar-refractivity contribution in [3.63, 3.8) is 0 Å². The topological polar surface area (TPSA) is 70.7 Å². The van der Waals surface area contributed by atoms with Crippen LogP contribution in [0.3, 0.4) is 0 Å². The van der Waals surface area contributed by atoms with Crippen LogP contribution in [0.1, 0.15) is 43.2 Å². The maximum Gasteiger partial charge on any atom is 0.407 e. The highest BCUT2D eigenvalue weighted by molar-refractivity contribution is 5.90. The molecule has 0 atom stereocenters. The van der Waals surface area contributed by atoms with E-state index in [0.29, 0.717) is 19.4 Å². The Morgan fingerprint density at radius 2 is 1.70 bits per heavy atom. The number of nitrogens with zero attached hydrogens (tertiary/aromatic N) is 1. The third kappa shape index (κ3) is 7.87. The van der Waals surface area contributed by atoms with Crippen molar-refractivity contribution in [1.29, 1.82) is 0 Å². The van der Waals surface area contributed by atoms with Crippen LogP contribution in [0.25, 0.3) is 0 Å². The highest BCUT2D eigenvalue weighted by atomic mass is 16.5. The lowest BCUT2D eigenvalue weighted by Gasteiger charge is -2.26. The van der Waals surface area contributed by atoms with E-state index in [-0.39, 0.29) is 12.5 Å². The summed E-state index contributed by atoms with van der Waals surface area (Å²) in [6, 6.07) is 17.6. The number of nitrogens with one attached hydrogen (secondary N) is 2. The van der Waals surface area contributed by atoms with E-state index >= 15 is 0 Å². The monoisotopic (exact) mass is 409 g/mol. The van der Waals surface area contributed by atoms with Crippen LogP contribution in [0, 0.1) is 0 Å². The summed E-state index contributed by atoms with van der Waals surface area (Å²) in [5.41, 5.74) is 2.98. The first-order valence-corrected chi connectivity index (χ1v) is 10.7. The van der Waals surface area contributed by atoms with E-state index in [0.717, 1.165) is 30.9 Å². The van der Waals surface area contributed by atoms with Crippen LogP contribution in [0.2, 0.25) is 0 Å². The summed E-state index contributed by atoms with van der Waals surface area (Å²) < 4.78 is 5.15. The first-order chi connectivity index (χ1) is 14.7. The van der Waals surface area contributed by atoms with Gasteiger partial charge in [-0.3, -0.25) is 9.69 Å². The van der Waals surface area contributed by atoms with Gasteiger partial charge in [0, 0.05) is 25.2 Å². The van der Waals surface area contributed by atoms with Gasteiger partial charge in [0.2, 0.25) is 5.91 Å². The summed E-state index contributed by atoms with van der Waals surface area (Å²) >= 11 is 0. The maximum atomic E-state index is 12.2. The molecule has 0 unspecified atom stereocenters. The summed E-state index contributed by atoms with van der Waals surface area (Å²) in [4.78, 5) is 26.4. The van der Waals surface area contributed by atoms with E-state index in [1.54, 1.807) is 0 Å². The molecule has 0 spiro atoms. The summed E-state index contributed by atoms with van der Waals surface area (Å²) in [7, 11) is 0. The number of benzene rings is 2. The molecule has 0 aliphatic carbocycles. The average molecular weight is 410 g/mol. The summed E-state index contributed by atoms with van der Waals surface area (Å²) in [6.45, 7) is 3.87. The van der Waals surface area contributed by atoms with Crippen LogP contribution in [0.5, 0.6) is 0 Å². The summed E-state index contributed by atoms with van der Waals surface area (Å²) in [6.07, 6.45) is 4.29. The van der Waals surface area contributed by atoms with Crippen molar-refractivity contribution < 1.29 is 14.3 Å². The van der Waals surface area contributed by atoms with Crippen LogP contribution in [0.15, 0.2) is 54.6 Å². The molecule has 1 aliphatic rings. The third-order valence-corrected chi connectivity index (χ3v) is 5.13. The molecule has 0 aromatic heterocycles. The lowest BCUT2D eigenvalue weighted by atomic mass is 10.1.